The highest BCUT2D eigenvalue weighted by Gasteiger charge is 2.38. The Morgan fingerprint density at radius 1 is 1.03 bits per heavy atom. The van der Waals surface area contributed by atoms with Crippen molar-refractivity contribution in [3.8, 4) is 0 Å². The molecule has 2 aliphatic rings. The highest BCUT2D eigenvalue weighted by molar-refractivity contribution is 8.01. The average Bonchev–Trinajstić information content (AvgIpc) is 3.42. The Balaban J connectivity index is 1.60. The molecule has 9 heteroatoms. The number of carbonyl (C=O) groups excluding carboxylic acids is 1. The van der Waals surface area contributed by atoms with E-state index in [4.69, 9.17) is 0 Å². The Hall–Kier alpha value is -1.45. The maximum atomic E-state index is 14.0. The number of carboxylic acids is 1. The molecular weight excluding hydrogens is 499 g/mol. The summed E-state index contributed by atoms with van der Waals surface area (Å²) < 4.78 is 1.01. The van der Waals surface area contributed by atoms with Gasteiger partial charge < -0.3 is 10.0 Å². The molecule has 0 radical (unpaired) electrons. The van der Waals surface area contributed by atoms with Crippen LogP contribution in [0.2, 0.25) is 0 Å². The number of carbonyl (C=O) groups is 2. The Morgan fingerprint density at radius 2 is 1.69 bits per heavy atom. The van der Waals surface area contributed by atoms with Gasteiger partial charge in [-0.05, 0) is 75.7 Å². The van der Waals surface area contributed by atoms with Crippen LogP contribution in [0.25, 0.3) is 0 Å². The molecule has 0 aliphatic heterocycles. The van der Waals surface area contributed by atoms with Crippen molar-refractivity contribution in [2.24, 2.45) is 11.8 Å². The second-order valence-electron chi connectivity index (χ2n) is 11.2. The summed E-state index contributed by atoms with van der Waals surface area (Å²) in [6.45, 7) is 10.5. The first-order valence-corrected chi connectivity index (χ1v) is 15.2. The monoisotopic (exact) mass is 535 g/mol. The number of aromatic carboxylic acids is 1. The molecule has 2 heterocycles. The van der Waals surface area contributed by atoms with Gasteiger partial charge in [-0.2, -0.15) is 0 Å². The summed E-state index contributed by atoms with van der Waals surface area (Å²) in [5.74, 6) is -0.158. The minimum Gasteiger partial charge on any atom is -0.477 e. The highest BCUT2D eigenvalue weighted by Crippen LogP contribution is 2.43. The maximum absolute atomic E-state index is 14.0. The van der Waals surface area contributed by atoms with Crippen LogP contribution >= 0.6 is 34.4 Å². The summed E-state index contributed by atoms with van der Waals surface area (Å²) in [5.41, 5.74) is 0.447. The smallest absolute Gasteiger partial charge is 0.348 e. The van der Waals surface area contributed by atoms with Gasteiger partial charge in [0.05, 0.1) is 5.69 Å². The Morgan fingerprint density at radius 3 is 2.23 bits per heavy atom. The predicted octanol–water partition coefficient (Wildman–Crippen LogP) is 7.17. The van der Waals surface area contributed by atoms with Crippen LogP contribution < -0.4 is 4.90 Å². The molecule has 0 bridgehead atoms. The van der Waals surface area contributed by atoms with Crippen LogP contribution in [0.5, 0.6) is 0 Å². The number of hydrogen-bond acceptors (Lipinski definition) is 7. The molecule has 0 unspecified atom stereocenters. The van der Waals surface area contributed by atoms with Crippen LogP contribution in [0, 0.1) is 18.8 Å². The first kappa shape index (κ1) is 26.6. The number of carboxylic acid groups (broad SMARTS) is 1. The van der Waals surface area contributed by atoms with Crippen molar-refractivity contribution in [3.05, 3.63) is 20.8 Å². The minimum absolute atomic E-state index is 0.0118. The van der Waals surface area contributed by atoms with Gasteiger partial charge in [-0.15, -0.1) is 21.5 Å². The molecule has 1 N–H and O–H groups in total. The van der Waals surface area contributed by atoms with Crippen LogP contribution in [0.15, 0.2) is 10.4 Å². The highest BCUT2D eigenvalue weighted by atomic mass is 32.2. The van der Waals surface area contributed by atoms with Crippen LogP contribution in [-0.2, 0) is 10.2 Å². The van der Waals surface area contributed by atoms with Crippen molar-refractivity contribution < 1.29 is 14.7 Å². The molecule has 1 amide bonds. The lowest BCUT2D eigenvalue weighted by Gasteiger charge is -2.39. The number of anilines is 1. The molecule has 2 aromatic heterocycles. The van der Waals surface area contributed by atoms with E-state index in [1.165, 1.54) is 11.3 Å². The number of thiophene rings is 1. The molecule has 192 valence electrons. The Bertz CT molecular complexity index is 1040. The van der Waals surface area contributed by atoms with E-state index in [2.05, 4.69) is 37.9 Å². The predicted molar refractivity (Wildman–Crippen MR) is 145 cm³/mol. The minimum atomic E-state index is -0.938. The fourth-order valence-electron chi connectivity index (χ4n) is 5.17. The molecule has 2 aliphatic carbocycles. The van der Waals surface area contributed by atoms with Gasteiger partial charge in [0.25, 0.3) is 0 Å². The summed E-state index contributed by atoms with van der Waals surface area (Å²) in [6.07, 6.45) is 7.66. The van der Waals surface area contributed by atoms with Crippen LogP contribution in [0.1, 0.15) is 98.6 Å². The largest absolute Gasteiger partial charge is 0.477 e. The van der Waals surface area contributed by atoms with Crippen LogP contribution in [0.3, 0.4) is 0 Å². The second-order valence-corrected chi connectivity index (χ2v) is 15.0. The van der Waals surface area contributed by atoms with E-state index in [1.807, 2.05) is 17.9 Å². The summed E-state index contributed by atoms with van der Waals surface area (Å²) in [4.78, 5) is 29.6. The third-order valence-electron chi connectivity index (χ3n) is 7.29. The zero-order chi connectivity index (χ0) is 25.3. The number of amides is 1. The van der Waals surface area contributed by atoms with E-state index in [0.29, 0.717) is 21.7 Å². The molecule has 0 saturated heterocycles. The van der Waals surface area contributed by atoms with Gasteiger partial charge >= 0.3 is 5.97 Å². The van der Waals surface area contributed by atoms with Gasteiger partial charge in [0.2, 0.25) is 5.91 Å². The lowest BCUT2D eigenvalue weighted by molar-refractivity contribution is -0.124. The first-order chi connectivity index (χ1) is 16.5. The van der Waals surface area contributed by atoms with E-state index in [1.54, 1.807) is 23.1 Å². The van der Waals surface area contributed by atoms with Crippen molar-refractivity contribution in [2.45, 2.75) is 107 Å². The van der Waals surface area contributed by atoms with Gasteiger partial charge in [-0.3, -0.25) is 4.79 Å². The number of nitrogens with zero attached hydrogens (tertiary/aromatic N) is 3. The normalized spacial score (nSPS) is 25.4. The SMILES string of the molecule is Cc1nnc(SC2CCC(N(C(=O)C3CCC(C)CC3)c3cc(C(C)(C)C)sc3C(=O)O)CC2)s1. The molecule has 0 aromatic carbocycles. The van der Waals surface area contributed by atoms with Gasteiger partial charge in [-0.25, -0.2) is 4.79 Å². The van der Waals surface area contributed by atoms with Gasteiger partial charge in [0.15, 0.2) is 4.34 Å². The lowest BCUT2D eigenvalue weighted by atomic mass is 9.81. The van der Waals surface area contributed by atoms with Gasteiger partial charge in [0, 0.05) is 22.1 Å². The topological polar surface area (TPSA) is 83.4 Å². The van der Waals surface area contributed by atoms with Crippen molar-refractivity contribution in [1.82, 2.24) is 10.2 Å². The molecule has 2 aromatic rings. The molecular formula is C26H37N3O3S3. The van der Waals surface area contributed by atoms with E-state index < -0.39 is 5.97 Å². The van der Waals surface area contributed by atoms with Gasteiger partial charge in [0.1, 0.15) is 9.88 Å². The number of thioether (sulfide) groups is 1. The number of hydrogen-bond donors (Lipinski definition) is 1. The fraction of sp³-hybridized carbons (Fsp3) is 0.692. The molecule has 0 spiro atoms. The van der Waals surface area contributed by atoms with Crippen LogP contribution in [-0.4, -0.2) is 38.5 Å². The Kier molecular flexibility index (Phi) is 8.28. The zero-order valence-corrected chi connectivity index (χ0v) is 23.8. The van der Waals surface area contributed by atoms with E-state index in [0.717, 1.165) is 65.6 Å². The van der Waals surface area contributed by atoms with Crippen molar-refractivity contribution >= 4 is 52.0 Å². The summed E-state index contributed by atoms with van der Waals surface area (Å²) in [6, 6.07) is 2.03. The Labute approximate surface area is 220 Å². The van der Waals surface area contributed by atoms with Crippen LogP contribution in [0.4, 0.5) is 5.69 Å². The zero-order valence-electron chi connectivity index (χ0n) is 21.4. The quantitative estimate of drug-likeness (QED) is 0.422. The number of aromatic nitrogens is 2. The van der Waals surface area contributed by atoms with Crippen molar-refractivity contribution in [1.29, 1.82) is 0 Å². The third kappa shape index (κ3) is 6.28. The summed E-state index contributed by atoms with van der Waals surface area (Å²) in [7, 11) is 0. The fourth-order valence-corrected chi connectivity index (χ4v) is 8.48. The van der Waals surface area contributed by atoms with Crippen molar-refractivity contribution in [3.63, 3.8) is 0 Å². The van der Waals surface area contributed by atoms with Gasteiger partial charge in [-0.1, -0.05) is 50.8 Å². The molecule has 0 atom stereocenters. The van der Waals surface area contributed by atoms with Crippen molar-refractivity contribution in [2.75, 3.05) is 4.90 Å². The number of rotatable bonds is 6. The van der Waals surface area contributed by atoms with E-state index in [9.17, 15) is 14.7 Å². The standard InChI is InChI=1S/C26H37N3O3S3/c1-15-6-8-17(9-7-15)23(30)29(20-14-21(26(3,4)5)35-22(20)24(31)32)18-10-12-19(13-11-18)34-25-28-27-16(2)33-25/h14-15,17-19H,6-13H2,1-5H3,(H,31,32). The van der Waals surface area contributed by atoms with E-state index >= 15 is 0 Å². The maximum Gasteiger partial charge on any atom is 0.348 e. The summed E-state index contributed by atoms with van der Waals surface area (Å²) in [5, 5.41) is 19.9. The second kappa shape index (κ2) is 10.9. The third-order valence-corrected chi connectivity index (χ3v) is 11.1. The molecule has 2 fully saturated rings. The molecule has 4 rings (SSSR count). The lowest BCUT2D eigenvalue weighted by Crippen LogP contribution is -2.46. The van der Waals surface area contributed by atoms with E-state index in [-0.39, 0.29) is 23.3 Å². The summed E-state index contributed by atoms with van der Waals surface area (Å²) >= 11 is 4.75. The number of aryl methyl sites for hydroxylation is 1. The first-order valence-electron chi connectivity index (χ1n) is 12.7. The molecule has 6 nitrogen and oxygen atoms in total. The molecule has 35 heavy (non-hydrogen) atoms. The molecule has 2 saturated carbocycles. The average molecular weight is 536 g/mol.